The van der Waals surface area contributed by atoms with Crippen molar-refractivity contribution in [3.8, 4) is 0 Å². The number of halogens is 3. The van der Waals surface area contributed by atoms with E-state index >= 15 is 0 Å². The molecule has 1 aliphatic carbocycles. The lowest BCUT2D eigenvalue weighted by Crippen LogP contribution is -2.34. The molecule has 4 rings (SSSR count). The van der Waals surface area contributed by atoms with Crippen LogP contribution >= 0.6 is 11.3 Å². The molecule has 2 heterocycles. The molecule has 0 aliphatic heterocycles. The summed E-state index contributed by atoms with van der Waals surface area (Å²) < 4.78 is 39.5. The van der Waals surface area contributed by atoms with Gasteiger partial charge in [-0.2, -0.15) is 13.2 Å². The molecule has 3 N–H and O–H groups in total. The summed E-state index contributed by atoms with van der Waals surface area (Å²) in [4.78, 5) is 34.4. The molecule has 0 spiro atoms. The zero-order chi connectivity index (χ0) is 26.6. The summed E-state index contributed by atoms with van der Waals surface area (Å²) in [6, 6.07) is 7.67. The SMILES string of the molecule is Cc1ccc(Nc2ncc(C(=O)Nc3cc(C(=O)NC4C=C(C(F)(F)F)C=CCC4)ccc3C)s2)cn1. The van der Waals surface area contributed by atoms with E-state index in [1.807, 2.05) is 19.1 Å². The number of nitrogens with one attached hydrogen (secondary N) is 3. The highest BCUT2D eigenvalue weighted by molar-refractivity contribution is 7.17. The Balaban J connectivity index is 1.43. The molecule has 2 aromatic heterocycles. The second-order valence-electron chi connectivity index (χ2n) is 8.51. The number of carbonyl (C=O) groups is 2. The third-order valence-corrected chi connectivity index (χ3v) is 6.52. The summed E-state index contributed by atoms with van der Waals surface area (Å²) in [5.74, 6) is -0.933. The van der Waals surface area contributed by atoms with Gasteiger partial charge in [-0.1, -0.05) is 35.6 Å². The lowest BCUT2D eigenvalue weighted by Gasteiger charge is -2.16. The standard InChI is InChI=1S/C26H24F3N5O2S/c1-15-7-9-17(23(35)32-19-6-4-3-5-18(12-19)26(27,28)29)11-21(15)34-24(36)22-14-31-25(37-22)33-20-10-8-16(2)30-13-20/h3,5,7-14,19H,4,6H2,1-2H3,(H,31,33)(H,32,35)(H,34,36). The van der Waals surface area contributed by atoms with E-state index in [2.05, 4.69) is 25.9 Å². The van der Waals surface area contributed by atoms with Crippen LogP contribution in [-0.4, -0.2) is 34.0 Å². The number of hydrogen-bond acceptors (Lipinski definition) is 6. The van der Waals surface area contributed by atoms with Crippen molar-refractivity contribution in [1.29, 1.82) is 0 Å². The van der Waals surface area contributed by atoms with Gasteiger partial charge in [-0.15, -0.1) is 0 Å². The van der Waals surface area contributed by atoms with Crippen LogP contribution in [0.5, 0.6) is 0 Å². The molecule has 2 amide bonds. The van der Waals surface area contributed by atoms with Gasteiger partial charge in [0, 0.05) is 23.0 Å². The van der Waals surface area contributed by atoms with Crippen LogP contribution in [0.3, 0.4) is 0 Å². The van der Waals surface area contributed by atoms with Crippen molar-refractivity contribution in [1.82, 2.24) is 15.3 Å². The Morgan fingerprint density at radius 2 is 1.86 bits per heavy atom. The Morgan fingerprint density at radius 3 is 2.59 bits per heavy atom. The lowest BCUT2D eigenvalue weighted by atomic mass is 10.1. The summed E-state index contributed by atoms with van der Waals surface area (Å²) in [5, 5.41) is 9.05. The van der Waals surface area contributed by atoms with Crippen LogP contribution in [0.15, 0.2) is 66.5 Å². The number of hydrogen-bond donors (Lipinski definition) is 3. The summed E-state index contributed by atoms with van der Waals surface area (Å²) in [6.45, 7) is 3.66. The molecule has 1 atom stereocenters. The van der Waals surface area contributed by atoms with E-state index in [1.54, 1.807) is 25.3 Å². The van der Waals surface area contributed by atoms with Crippen LogP contribution in [0.2, 0.25) is 0 Å². The monoisotopic (exact) mass is 527 g/mol. The molecule has 0 radical (unpaired) electrons. The van der Waals surface area contributed by atoms with E-state index in [4.69, 9.17) is 0 Å². The highest BCUT2D eigenvalue weighted by Gasteiger charge is 2.33. The molecule has 37 heavy (non-hydrogen) atoms. The van der Waals surface area contributed by atoms with Crippen molar-refractivity contribution < 1.29 is 22.8 Å². The summed E-state index contributed by atoms with van der Waals surface area (Å²) in [5.41, 5.74) is 2.18. The van der Waals surface area contributed by atoms with E-state index in [0.717, 1.165) is 40.4 Å². The number of aromatic nitrogens is 2. The minimum atomic E-state index is -4.49. The number of anilines is 3. The zero-order valence-electron chi connectivity index (χ0n) is 20.0. The summed E-state index contributed by atoms with van der Waals surface area (Å²) in [6.07, 6.45) is 2.88. The van der Waals surface area contributed by atoms with Gasteiger partial charge in [-0.05, 0) is 56.5 Å². The summed E-state index contributed by atoms with van der Waals surface area (Å²) in [7, 11) is 0. The van der Waals surface area contributed by atoms with Gasteiger partial charge in [0.1, 0.15) is 4.88 Å². The molecule has 1 aromatic carbocycles. The number of amides is 2. The number of aryl methyl sites for hydroxylation is 2. The van der Waals surface area contributed by atoms with Crippen molar-refractivity contribution in [3.05, 3.63) is 88.2 Å². The Labute approximate surface area is 215 Å². The van der Waals surface area contributed by atoms with Gasteiger partial charge in [0.15, 0.2) is 5.13 Å². The number of nitrogens with zero attached hydrogens (tertiary/aromatic N) is 2. The smallest absolute Gasteiger partial charge is 0.346 e. The first kappa shape index (κ1) is 26.1. The minimum absolute atomic E-state index is 0.221. The van der Waals surface area contributed by atoms with E-state index in [1.165, 1.54) is 18.3 Å². The van der Waals surface area contributed by atoms with E-state index in [0.29, 0.717) is 28.5 Å². The maximum atomic E-state index is 13.2. The Bertz CT molecular complexity index is 1360. The molecule has 7 nitrogen and oxygen atoms in total. The van der Waals surface area contributed by atoms with Crippen molar-refractivity contribution in [2.75, 3.05) is 10.6 Å². The van der Waals surface area contributed by atoms with Gasteiger partial charge in [-0.3, -0.25) is 14.6 Å². The molecule has 3 aromatic rings. The van der Waals surface area contributed by atoms with Gasteiger partial charge in [-0.25, -0.2) is 4.98 Å². The number of thiazole rings is 1. The van der Waals surface area contributed by atoms with Crippen LogP contribution in [-0.2, 0) is 0 Å². The van der Waals surface area contributed by atoms with Crippen molar-refractivity contribution in [3.63, 3.8) is 0 Å². The number of rotatable bonds is 6. The number of benzene rings is 1. The zero-order valence-corrected chi connectivity index (χ0v) is 20.8. The van der Waals surface area contributed by atoms with E-state index in [9.17, 15) is 22.8 Å². The third-order valence-electron chi connectivity index (χ3n) is 5.61. The van der Waals surface area contributed by atoms with Crippen molar-refractivity contribution >= 4 is 39.7 Å². The van der Waals surface area contributed by atoms with Gasteiger partial charge >= 0.3 is 6.18 Å². The molecule has 0 saturated carbocycles. The first-order valence-corrected chi connectivity index (χ1v) is 12.2. The molecule has 1 aliphatic rings. The Kier molecular flexibility index (Phi) is 7.72. The topological polar surface area (TPSA) is 96.0 Å². The Morgan fingerprint density at radius 1 is 1.05 bits per heavy atom. The molecular formula is C26H24F3N5O2S. The second-order valence-corrected chi connectivity index (χ2v) is 9.54. The third kappa shape index (κ3) is 6.82. The molecule has 0 bridgehead atoms. The number of carbonyl (C=O) groups excluding carboxylic acids is 2. The predicted octanol–water partition coefficient (Wildman–Crippen LogP) is 6.09. The minimum Gasteiger partial charge on any atom is -0.346 e. The molecule has 0 fully saturated rings. The largest absolute Gasteiger partial charge is 0.416 e. The first-order valence-electron chi connectivity index (χ1n) is 11.4. The fourth-order valence-corrected chi connectivity index (χ4v) is 4.31. The van der Waals surface area contributed by atoms with Gasteiger partial charge in [0.2, 0.25) is 0 Å². The highest BCUT2D eigenvalue weighted by atomic mass is 32.1. The van der Waals surface area contributed by atoms with E-state index < -0.39 is 29.6 Å². The Hall–Kier alpha value is -3.99. The number of pyridine rings is 1. The van der Waals surface area contributed by atoms with Gasteiger partial charge < -0.3 is 16.0 Å². The van der Waals surface area contributed by atoms with Crippen molar-refractivity contribution in [2.45, 2.75) is 38.9 Å². The van der Waals surface area contributed by atoms with Crippen LogP contribution < -0.4 is 16.0 Å². The quantitative estimate of drug-likeness (QED) is 0.361. The fourth-order valence-electron chi connectivity index (χ4n) is 3.58. The molecule has 192 valence electrons. The van der Waals surface area contributed by atoms with Gasteiger partial charge in [0.05, 0.1) is 23.7 Å². The van der Waals surface area contributed by atoms with Crippen LogP contribution in [0.1, 0.15) is 44.1 Å². The van der Waals surface area contributed by atoms with E-state index in [-0.39, 0.29) is 5.56 Å². The van der Waals surface area contributed by atoms with Crippen LogP contribution in [0, 0.1) is 13.8 Å². The average Bonchev–Trinajstić information content (AvgIpc) is 3.18. The number of alkyl halides is 3. The lowest BCUT2D eigenvalue weighted by molar-refractivity contribution is -0.0885. The van der Waals surface area contributed by atoms with Crippen LogP contribution in [0.4, 0.5) is 29.7 Å². The number of allylic oxidation sites excluding steroid dienone is 3. The normalized spacial score (nSPS) is 15.5. The predicted molar refractivity (Wildman–Crippen MR) is 137 cm³/mol. The fraction of sp³-hybridized carbons (Fsp3) is 0.231. The molecule has 11 heteroatoms. The van der Waals surface area contributed by atoms with Crippen LogP contribution in [0.25, 0.3) is 0 Å². The van der Waals surface area contributed by atoms with Crippen molar-refractivity contribution in [2.24, 2.45) is 0 Å². The maximum absolute atomic E-state index is 13.2. The first-order chi connectivity index (χ1) is 17.6. The van der Waals surface area contributed by atoms with Gasteiger partial charge in [0.25, 0.3) is 11.8 Å². The molecule has 0 saturated heterocycles. The molecular weight excluding hydrogens is 503 g/mol. The average molecular weight is 528 g/mol. The maximum Gasteiger partial charge on any atom is 0.416 e. The second kappa shape index (κ2) is 11.0. The summed E-state index contributed by atoms with van der Waals surface area (Å²) >= 11 is 1.16. The molecule has 1 unspecified atom stereocenters. The highest BCUT2D eigenvalue weighted by Crippen LogP contribution is 2.29.